The van der Waals surface area contributed by atoms with Gasteiger partial charge in [0.05, 0.1) is 5.69 Å². The molecule has 0 N–H and O–H groups in total. The van der Waals surface area contributed by atoms with Crippen molar-refractivity contribution in [2.24, 2.45) is 5.92 Å². The van der Waals surface area contributed by atoms with Crippen molar-refractivity contribution in [3.05, 3.63) is 70.1 Å². The molecule has 0 aliphatic rings. The lowest BCUT2D eigenvalue weighted by molar-refractivity contribution is 0.104. The number of carbonyl (C=O) groups excluding carboxylic acids is 1. The molecule has 144 valence electrons. The summed E-state index contributed by atoms with van der Waals surface area (Å²) in [5, 5.41) is 0. The SMILES string of the molecule is CCC(C)/C=C\c1cc(C(=O)C(=C(C)C)c2ccccc2C)n(CC)c1C. The first-order valence-corrected chi connectivity index (χ1v) is 9.98. The van der Waals surface area contributed by atoms with Crippen LogP contribution >= 0.6 is 0 Å². The highest BCUT2D eigenvalue weighted by Crippen LogP contribution is 2.28. The van der Waals surface area contributed by atoms with Crippen molar-refractivity contribution in [1.29, 1.82) is 0 Å². The molecule has 0 saturated carbocycles. The number of carbonyl (C=O) groups is 1. The first kappa shape index (κ1) is 21.0. The number of rotatable bonds is 7. The Morgan fingerprint density at radius 3 is 2.37 bits per heavy atom. The summed E-state index contributed by atoms with van der Waals surface area (Å²) in [6.45, 7) is 15.5. The van der Waals surface area contributed by atoms with Gasteiger partial charge in [0.15, 0.2) is 0 Å². The minimum Gasteiger partial charge on any atom is -0.342 e. The van der Waals surface area contributed by atoms with Crippen LogP contribution < -0.4 is 0 Å². The molecule has 0 bridgehead atoms. The van der Waals surface area contributed by atoms with Crippen molar-refractivity contribution in [3.8, 4) is 0 Å². The van der Waals surface area contributed by atoms with Crippen LogP contribution in [-0.4, -0.2) is 10.4 Å². The second-order valence-electron chi connectivity index (χ2n) is 7.58. The second kappa shape index (κ2) is 9.03. The standard InChI is InChI=1S/C25H33NO/c1-8-18(5)14-15-21-16-23(26(9-2)20(21)7)25(27)24(17(3)4)22-13-11-10-12-19(22)6/h10-16,18H,8-9H2,1-7H3/b15-14-. The molecule has 27 heavy (non-hydrogen) atoms. The van der Waals surface area contributed by atoms with E-state index in [9.17, 15) is 4.79 Å². The predicted octanol–water partition coefficient (Wildman–Crippen LogP) is 6.86. The predicted molar refractivity (Wildman–Crippen MR) is 117 cm³/mol. The van der Waals surface area contributed by atoms with Crippen molar-refractivity contribution in [1.82, 2.24) is 4.57 Å². The maximum absolute atomic E-state index is 13.6. The van der Waals surface area contributed by atoms with E-state index >= 15 is 0 Å². The van der Waals surface area contributed by atoms with Gasteiger partial charge in [-0.3, -0.25) is 4.79 Å². The number of Topliss-reactive ketones (excluding diaryl/α,β-unsaturated/α-hetero) is 1. The molecule has 0 spiro atoms. The van der Waals surface area contributed by atoms with Gasteiger partial charge in [-0.15, -0.1) is 0 Å². The van der Waals surface area contributed by atoms with Gasteiger partial charge in [-0.1, -0.05) is 62.3 Å². The zero-order valence-corrected chi connectivity index (χ0v) is 17.9. The van der Waals surface area contributed by atoms with Gasteiger partial charge < -0.3 is 4.57 Å². The fourth-order valence-electron chi connectivity index (χ4n) is 3.43. The zero-order valence-electron chi connectivity index (χ0n) is 17.9. The van der Waals surface area contributed by atoms with E-state index in [1.54, 1.807) is 0 Å². The minimum atomic E-state index is 0.109. The number of hydrogen-bond acceptors (Lipinski definition) is 1. The van der Waals surface area contributed by atoms with E-state index in [2.05, 4.69) is 63.5 Å². The van der Waals surface area contributed by atoms with Crippen molar-refractivity contribution in [2.75, 3.05) is 0 Å². The van der Waals surface area contributed by atoms with Crippen LogP contribution in [0.5, 0.6) is 0 Å². The molecule has 0 aliphatic heterocycles. The summed E-state index contributed by atoms with van der Waals surface area (Å²) in [6, 6.07) is 10.2. The maximum atomic E-state index is 13.6. The van der Waals surface area contributed by atoms with Crippen LogP contribution in [0.1, 0.15) is 73.9 Å². The van der Waals surface area contributed by atoms with Gasteiger partial charge in [-0.25, -0.2) is 0 Å². The van der Waals surface area contributed by atoms with Gasteiger partial charge in [-0.05, 0) is 63.3 Å². The van der Waals surface area contributed by atoms with Crippen LogP contribution in [0.3, 0.4) is 0 Å². The molecule has 1 aromatic carbocycles. The lowest BCUT2D eigenvalue weighted by Gasteiger charge is -2.14. The molecule has 2 heteroatoms. The smallest absolute Gasteiger partial charge is 0.209 e. The average Bonchev–Trinajstić information content (AvgIpc) is 2.96. The third-order valence-corrected chi connectivity index (χ3v) is 5.34. The topological polar surface area (TPSA) is 22.0 Å². The molecule has 0 aliphatic carbocycles. The Hall–Kier alpha value is -2.35. The van der Waals surface area contributed by atoms with Crippen LogP contribution in [0.4, 0.5) is 0 Å². The highest BCUT2D eigenvalue weighted by molar-refractivity contribution is 6.29. The molecule has 2 rings (SSSR count). The number of allylic oxidation sites excluding steroid dienone is 3. The van der Waals surface area contributed by atoms with Crippen molar-refractivity contribution >= 4 is 17.4 Å². The van der Waals surface area contributed by atoms with E-state index in [4.69, 9.17) is 0 Å². The molecule has 1 heterocycles. The third kappa shape index (κ3) is 4.50. The van der Waals surface area contributed by atoms with Crippen LogP contribution in [0, 0.1) is 19.8 Å². The van der Waals surface area contributed by atoms with Gasteiger partial charge in [0.1, 0.15) is 0 Å². The Bertz CT molecular complexity index is 876. The van der Waals surface area contributed by atoms with E-state index in [1.807, 2.05) is 32.0 Å². The summed E-state index contributed by atoms with van der Waals surface area (Å²) in [6.07, 6.45) is 5.52. The van der Waals surface area contributed by atoms with Crippen LogP contribution in [0.2, 0.25) is 0 Å². The lowest BCUT2D eigenvalue weighted by Crippen LogP contribution is -2.12. The Kier molecular flexibility index (Phi) is 7.01. The molecule has 1 unspecified atom stereocenters. The summed E-state index contributed by atoms with van der Waals surface area (Å²) in [5.74, 6) is 0.645. The molecule has 2 nitrogen and oxygen atoms in total. The molecule has 1 aromatic heterocycles. The number of aromatic nitrogens is 1. The zero-order chi connectivity index (χ0) is 20.1. The van der Waals surface area contributed by atoms with Crippen molar-refractivity contribution < 1.29 is 4.79 Å². The van der Waals surface area contributed by atoms with Gasteiger partial charge in [0.2, 0.25) is 5.78 Å². The summed E-state index contributed by atoms with van der Waals surface area (Å²) in [5.41, 5.74) is 7.09. The largest absolute Gasteiger partial charge is 0.342 e. The number of nitrogens with zero attached hydrogens (tertiary/aromatic N) is 1. The Morgan fingerprint density at radius 2 is 1.81 bits per heavy atom. The number of aryl methyl sites for hydroxylation is 1. The minimum absolute atomic E-state index is 0.109. The number of benzene rings is 1. The van der Waals surface area contributed by atoms with Crippen LogP contribution in [0.15, 0.2) is 42.0 Å². The highest BCUT2D eigenvalue weighted by atomic mass is 16.1. The first-order chi connectivity index (χ1) is 12.8. The van der Waals surface area contributed by atoms with E-state index < -0.39 is 0 Å². The second-order valence-corrected chi connectivity index (χ2v) is 7.58. The summed E-state index contributed by atoms with van der Waals surface area (Å²) in [7, 11) is 0. The van der Waals surface area contributed by atoms with E-state index in [1.165, 1.54) is 0 Å². The number of ketones is 1. The monoisotopic (exact) mass is 363 g/mol. The van der Waals surface area contributed by atoms with Crippen molar-refractivity contribution in [3.63, 3.8) is 0 Å². The molecule has 2 aromatic rings. The van der Waals surface area contributed by atoms with Crippen LogP contribution in [-0.2, 0) is 6.54 Å². The molecule has 0 amide bonds. The molecule has 0 radical (unpaired) electrons. The summed E-state index contributed by atoms with van der Waals surface area (Å²) in [4.78, 5) is 13.6. The Balaban J connectivity index is 2.56. The molecule has 1 atom stereocenters. The van der Waals surface area contributed by atoms with Crippen molar-refractivity contribution in [2.45, 2.75) is 61.4 Å². The van der Waals surface area contributed by atoms with Gasteiger partial charge in [0, 0.05) is 17.8 Å². The van der Waals surface area contributed by atoms with E-state index in [-0.39, 0.29) is 5.78 Å². The Morgan fingerprint density at radius 1 is 1.15 bits per heavy atom. The van der Waals surface area contributed by atoms with Gasteiger partial charge >= 0.3 is 0 Å². The third-order valence-electron chi connectivity index (χ3n) is 5.34. The maximum Gasteiger partial charge on any atom is 0.209 e. The number of hydrogen-bond donors (Lipinski definition) is 0. The summed E-state index contributed by atoms with van der Waals surface area (Å²) >= 11 is 0. The molecular formula is C25H33NO. The average molecular weight is 364 g/mol. The first-order valence-electron chi connectivity index (χ1n) is 9.98. The fourth-order valence-corrected chi connectivity index (χ4v) is 3.43. The fraction of sp³-hybridized carbons (Fsp3) is 0.400. The lowest BCUT2D eigenvalue weighted by atomic mass is 9.92. The van der Waals surface area contributed by atoms with Gasteiger partial charge in [-0.2, -0.15) is 0 Å². The molecular weight excluding hydrogens is 330 g/mol. The normalized spacial score (nSPS) is 12.4. The van der Waals surface area contributed by atoms with E-state index in [0.29, 0.717) is 5.92 Å². The Labute approximate surface area is 164 Å². The van der Waals surface area contributed by atoms with E-state index in [0.717, 1.165) is 52.2 Å². The quantitative estimate of drug-likeness (QED) is 0.389. The van der Waals surface area contributed by atoms with Gasteiger partial charge in [0.25, 0.3) is 0 Å². The van der Waals surface area contributed by atoms with Crippen LogP contribution in [0.25, 0.3) is 11.6 Å². The summed E-state index contributed by atoms with van der Waals surface area (Å²) < 4.78 is 2.14. The molecule has 0 fully saturated rings. The highest BCUT2D eigenvalue weighted by Gasteiger charge is 2.22. The molecule has 0 saturated heterocycles.